The third-order valence-electron chi connectivity index (χ3n) is 3.87. The maximum absolute atomic E-state index is 4.27. The van der Waals surface area contributed by atoms with Gasteiger partial charge in [-0.05, 0) is 74.2 Å². The van der Waals surface area contributed by atoms with Gasteiger partial charge in [-0.15, -0.1) is 0 Å². The van der Waals surface area contributed by atoms with Gasteiger partial charge in [-0.1, -0.05) is 12.1 Å². The van der Waals surface area contributed by atoms with E-state index < -0.39 is 0 Å². The van der Waals surface area contributed by atoms with E-state index in [1.165, 1.54) is 33.4 Å². The van der Waals surface area contributed by atoms with Crippen molar-refractivity contribution in [1.29, 1.82) is 0 Å². The summed E-state index contributed by atoms with van der Waals surface area (Å²) in [6.07, 6.45) is 3.81. The minimum atomic E-state index is 0.202. The third kappa shape index (κ3) is 2.69. The van der Waals surface area contributed by atoms with E-state index in [0.717, 1.165) is 0 Å². The summed E-state index contributed by atoms with van der Waals surface area (Å²) in [5, 5.41) is 3.42. The Morgan fingerprint density at radius 1 is 0.895 bits per heavy atom. The predicted molar refractivity (Wildman–Crippen MR) is 80.5 cm³/mol. The van der Waals surface area contributed by atoms with Gasteiger partial charge in [0.25, 0.3) is 0 Å². The Labute approximate surface area is 115 Å². The molecule has 1 heterocycles. The fraction of sp³-hybridized carbons (Fsp3) is 0.353. The van der Waals surface area contributed by atoms with Gasteiger partial charge in [-0.2, -0.15) is 0 Å². The zero-order valence-corrected chi connectivity index (χ0v) is 12.4. The molecule has 0 saturated heterocycles. The molecule has 0 aliphatic heterocycles. The molecule has 1 atom stereocenters. The summed E-state index contributed by atoms with van der Waals surface area (Å²) in [7, 11) is 2.01. The van der Waals surface area contributed by atoms with Crippen molar-refractivity contribution in [3.05, 3.63) is 64.0 Å². The van der Waals surface area contributed by atoms with Crippen LogP contribution in [0.2, 0.25) is 0 Å². The van der Waals surface area contributed by atoms with Crippen molar-refractivity contribution in [2.75, 3.05) is 7.05 Å². The van der Waals surface area contributed by atoms with Gasteiger partial charge in [0, 0.05) is 12.4 Å². The number of hydrogen-bond acceptors (Lipinski definition) is 2. The first-order valence-corrected chi connectivity index (χ1v) is 6.70. The molecule has 2 nitrogen and oxygen atoms in total. The highest BCUT2D eigenvalue weighted by Gasteiger charge is 2.17. The summed E-state index contributed by atoms with van der Waals surface area (Å²) < 4.78 is 0. The number of nitrogens with zero attached hydrogens (tertiary/aromatic N) is 1. The highest BCUT2D eigenvalue weighted by Crippen LogP contribution is 2.28. The van der Waals surface area contributed by atoms with Crippen LogP contribution < -0.4 is 5.32 Å². The first kappa shape index (κ1) is 13.8. The Balaban J connectivity index is 2.55. The van der Waals surface area contributed by atoms with Crippen LogP contribution in [-0.2, 0) is 0 Å². The molecule has 0 amide bonds. The Hall–Kier alpha value is -1.67. The van der Waals surface area contributed by atoms with E-state index in [1.54, 1.807) is 0 Å². The Morgan fingerprint density at radius 3 is 2.21 bits per heavy atom. The van der Waals surface area contributed by atoms with Gasteiger partial charge in [-0.25, -0.2) is 0 Å². The largest absolute Gasteiger partial charge is 0.309 e. The third-order valence-corrected chi connectivity index (χ3v) is 3.87. The number of rotatable bonds is 3. The first-order valence-electron chi connectivity index (χ1n) is 6.70. The van der Waals surface area contributed by atoms with Gasteiger partial charge in [0.2, 0.25) is 0 Å². The second-order valence-corrected chi connectivity index (χ2v) is 5.25. The van der Waals surface area contributed by atoms with E-state index in [-0.39, 0.29) is 6.04 Å². The molecule has 1 unspecified atom stereocenters. The lowest BCUT2D eigenvalue weighted by Crippen LogP contribution is -2.20. The van der Waals surface area contributed by atoms with Gasteiger partial charge in [0.05, 0.1) is 6.04 Å². The molecule has 2 heteroatoms. The fourth-order valence-corrected chi connectivity index (χ4v) is 2.55. The van der Waals surface area contributed by atoms with E-state index in [0.29, 0.717) is 0 Å². The zero-order chi connectivity index (χ0) is 14.0. The summed E-state index contributed by atoms with van der Waals surface area (Å²) in [5.41, 5.74) is 7.86. The lowest BCUT2D eigenvalue weighted by molar-refractivity contribution is 0.679. The topological polar surface area (TPSA) is 24.9 Å². The maximum Gasteiger partial charge on any atom is 0.0594 e. The summed E-state index contributed by atoms with van der Waals surface area (Å²) in [6, 6.07) is 6.82. The second kappa shape index (κ2) is 5.54. The predicted octanol–water partition coefficient (Wildman–Crippen LogP) is 3.62. The van der Waals surface area contributed by atoms with E-state index in [2.05, 4.69) is 56.2 Å². The van der Waals surface area contributed by atoms with Gasteiger partial charge in [0.15, 0.2) is 0 Å². The van der Waals surface area contributed by atoms with Crippen LogP contribution in [-0.4, -0.2) is 12.0 Å². The van der Waals surface area contributed by atoms with E-state index >= 15 is 0 Å². The molecular formula is C17H22N2. The molecule has 1 aromatic carbocycles. The monoisotopic (exact) mass is 254 g/mol. The zero-order valence-electron chi connectivity index (χ0n) is 12.4. The molecule has 0 radical (unpaired) electrons. The number of aromatic nitrogens is 1. The number of hydrogen-bond donors (Lipinski definition) is 1. The average Bonchev–Trinajstić information content (AvgIpc) is 2.38. The molecule has 1 N–H and O–H groups in total. The number of aryl methyl sites for hydroxylation is 4. The Kier molecular flexibility index (Phi) is 4.01. The lowest BCUT2D eigenvalue weighted by atomic mass is 9.91. The Bertz CT molecular complexity index is 588. The number of benzene rings is 1. The van der Waals surface area contributed by atoms with Crippen LogP contribution in [0, 0.1) is 27.7 Å². The number of nitrogens with one attached hydrogen (secondary N) is 1. The standard InChI is InChI=1S/C17H22N2/c1-11-6-7-19-10-16(11)17(18-5)15-9-13(3)12(2)8-14(15)4/h6-10,17-18H,1-5H3. The van der Waals surface area contributed by atoms with Gasteiger partial charge >= 0.3 is 0 Å². The van der Waals surface area contributed by atoms with Crippen LogP contribution in [0.3, 0.4) is 0 Å². The molecule has 0 aliphatic rings. The highest BCUT2D eigenvalue weighted by molar-refractivity contribution is 5.43. The van der Waals surface area contributed by atoms with Gasteiger partial charge in [-0.3, -0.25) is 4.98 Å². The van der Waals surface area contributed by atoms with Crippen LogP contribution >= 0.6 is 0 Å². The van der Waals surface area contributed by atoms with Crippen LogP contribution in [0.15, 0.2) is 30.6 Å². The van der Waals surface area contributed by atoms with Crippen molar-refractivity contribution in [1.82, 2.24) is 10.3 Å². The van der Waals surface area contributed by atoms with Crippen molar-refractivity contribution in [3.63, 3.8) is 0 Å². The SMILES string of the molecule is CNC(c1cnccc1C)c1cc(C)c(C)cc1C. The van der Waals surface area contributed by atoms with E-state index in [4.69, 9.17) is 0 Å². The summed E-state index contributed by atoms with van der Waals surface area (Å²) >= 11 is 0. The normalized spacial score (nSPS) is 12.5. The lowest BCUT2D eigenvalue weighted by Gasteiger charge is -2.22. The van der Waals surface area contributed by atoms with Gasteiger partial charge < -0.3 is 5.32 Å². The minimum absolute atomic E-state index is 0.202. The molecule has 0 bridgehead atoms. The minimum Gasteiger partial charge on any atom is -0.309 e. The number of pyridine rings is 1. The molecule has 2 aromatic rings. The van der Waals surface area contributed by atoms with E-state index in [9.17, 15) is 0 Å². The summed E-state index contributed by atoms with van der Waals surface area (Å²) in [5.74, 6) is 0. The van der Waals surface area contributed by atoms with Crippen LogP contribution in [0.1, 0.15) is 39.4 Å². The Morgan fingerprint density at radius 2 is 1.58 bits per heavy atom. The molecule has 0 saturated carbocycles. The van der Waals surface area contributed by atoms with Crippen LogP contribution in [0.4, 0.5) is 0 Å². The second-order valence-electron chi connectivity index (χ2n) is 5.25. The molecule has 19 heavy (non-hydrogen) atoms. The molecule has 0 aliphatic carbocycles. The van der Waals surface area contributed by atoms with Crippen molar-refractivity contribution in [2.24, 2.45) is 0 Å². The fourth-order valence-electron chi connectivity index (χ4n) is 2.55. The summed E-state index contributed by atoms with van der Waals surface area (Å²) in [6.45, 7) is 8.65. The quantitative estimate of drug-likeness (QED) is 0.905. The molecule has 1 aromatic heterocycles. The van der Waals surface area contributed by atoms with Crippen molar-refractivity contribution in [3.8, 4) is 0 Å². The maximum atomic E-state index is 4.27. The molecule has 0 fully saturated rings. The molecule has 100 valence electrons. The van der Waals surface area contributed by atoms with Crippen molar-refractivity contribution >= 4 is 0 Å². The highest BCUT2D eigenvalue weighted by atomic mass is 14.9. The van der Waals surface area contributed by atoms with Gasteiger partial charge in [0.1, 0.15) is 0 Å². The molecule has 2 rings (SSSR count). The first-order chi connectivity index (χ1) is 9.04. The molecule has 0 spiro atoms. The summed E-state index contributed by atoms with van der Waals surface area (Å²) in [4.78, 5) is 4.27. The van der Waals surface area contributed by atoms with Crippen molar-refractivity contribution in [2.45, 2.75) is 33.7 Å². The van der Waals surface area contributed by atoms with Crippen LogP contribution in [0.5, 0.6) is 0 Å². The molecular weight excluding hydrogens is 232 g/mol. The smallest absolute Gasteiger partial charge is 0.0594 e. The average molecular weight is 254 g/mol. The van der Waals surface area contributed by atoms with E-state index in [1.807, 2.05) is 19.4 Å². The van der Waals surface area contributed by atoms with Crippen LogP contribution in [0.25, 0.3) is 0 Å². The van der Waals surface area contributed by atoms with Crippen molar-refractivity contribution < 1.29 is 0 Å².